The van der Waals surface area contributed by atoms with Crippen LogP contribution in [-0.4, -0.2) is 19.7 Å². The van der Waals surface area contributed by atoms with Crippen LogP contribution in [0.1, 0.15) is 5.89 Å². The zero-order valence-electron chi connectivity index (χ0n) is 11.6. The van der Waals surface area contributed by atoms with Crippen molar-refractivity contribution in [2.45, 2.75) is 15.5 Å². The molecule has 0 radical (unpaired) electrons. The molecule has 0 aliphatic carbocycles. The van der Waals surface area contributed by atoms with E-state index in [1.54, 1.807) is 30.3 Å². The number of aromatic nitrogens is 1. The van der Waals surface area contributed by atoms with Crippen molar-refractivity contribution in [3.63, 3.8) is 0 Å². The maximum atomic E-state index is 13.1. The molecule has 0 saturated heterocycles. The van der Waals surface area contributed by atoms with Gasteiger partial charge in [0.25, 0.3) is 0 Å². The highest BCUT2D eigenvalue weighted by Gasteiger charge is 2.09. The molecule has 3 rings (SSSR count). The molecule has 0 bridgehead atoms. The molecule has 0 fully saturated rings. The molecule has 3 aromatic rings. The van der Waals surface area contributed by atoms with Crippen LogP contribution in [0.2, 0.25) is 0 Å². The third-order valence-electron chi connectivity index (χ3n) is 3.01. The molecule has 0 spiro atoms. The molecule has 0 aliphatic heterocycles. The number of fused-ring (bicyclic) bond motifs is 1. The summed E-state index contributed by atoms with van der Waals surface area (Å²) in [6.45, 7) is 0. The fraction of sp³-hybridized carbons (Fsp3) is 0.133. The van der Waals surface area contributed by atoms with E-state index < -0.39 is 9.84 Å². The highest BCUT2D eigenvalue weighted by Crippen LogP contribution is 2.26. The van der Waals surface area contributed by atoms with E-state index in [9.17, 15) is 12.8 Å². The summed E-state index contributed by atoms with van der Waals surface area (Å²) in [5, 5.41) is 0. The van der Waals surface area contributed by atoms with Crippen LogP contribution in [0.15, 0.2) is 56.7 Å². The SMILES string of the molecule is CS(=O)(=O)c1ccc(SCc2nc3ccc(F)cc3o2)cc1. The van der Waals surface area contributed by atoms with E-state index in [4.69, 9.17) is 4.42 Å². The lowest BCUT2D eigenvalue weighted by Crippen LogP contribution is -1.95. The predicted octanol–water partition coefficient (Wildman–Crippen LogP) is 3.66. The lowest BCUT2D eigenvalue weighted by Gasteiger charge is -2.01. The van der Waals surface area contributed by atoms with E-state index in [0.717, 1.165) is 4.90 Å². The van der Waals surface area contributed by atoms with Gasteiger partial charge in [0.15, 0.2) is 15.4 Å². The monoisotopic (exact) mass is 337 g/mol. The van der Waals surface area contributed by atoms with Gasteiger partial charge in [0.2, 0.25) is 5.89 Å². The van der Waals surface area contributed by atoms with Crippen molar-refractivity contribution in [2.24, 2.45) is 0 Å². The van der Waals surface area contributed by atoms with Gasteiger partial charge in [-0.25, -0.2) is 17.8 Å². The smallest absolute Gasteiger partial charge is 0.205 e. The largest absolute Gasteiger partial charge is 0.440 e. The molecule has 2 aromatic carbocycles. The van der Waals surface area contributed by atoms with Crippen LogP contribution in [0, 0.1) is 5.82 Å². The second-order valence-corrected chi connectivity index (χ2v) is 7.82. The van der Waals surface area contributed by atoms with Crippen LogP contribution in [-0.2, 0) is 15.6 Å². The lowest BCUT2D eigenvalue weighted by atomic mass is 10.3. The van der Waals surface area contributed by atoms with Crippen LogP contribution < -0.4 is 0 Å². The Labute approximate surface area is 131 Å². The van der Waals surface area contributed by atoms with Crippen molar-refractivity contribution in [1.82, 2.24) is 4.98 Å². The van der Waals surface area contributed by atoms with Crippen molar-refractivity contribution in [2.75, 3.05) is 6.26 Å². The van der Waals surface area contributed by atoms with E-state index in [0.29, 0.717) is 22.7 Å². The molecule has 4 nitrogen and oxygen atoms in total. The molecular weight excluding hydrogens is 325 g/mol. The zero-order chi connectivity index (χ0) is 15.7. The fourth-order valence-corrected chi connectivity index (χ4v) is 3.31. The Morgan fingerprint density at radius 1 is 1.18 bits per heavy atom. The van der Waals surface area contributed by atoms with E-state index >= 15 is 0 Å². The van der Waals surface area contributed by atoms with Gasteiger partial charge in [0, 0.05) is 17.2 Å². The number of hydrogen-bond donors (Lipinski definition) is 0. The first-order chi connectivity index (χ1) is 10.4. The molecule has 114 valence electrons. The standard InChI is InChI=1S/C15H12FNO3S2/c1-22(18,19)12-5-3-11(4-6-12)21-9-15-17-13-7-2-10(16)8-14(13)20-15/h2-8H,9H2,1H3. The molecule has 22 heavy (non-hydrogen) atoms. The maximum absolute atomic E-state index is 13.1. The van der Waals surface area contributed by atoms with Crippen LogP contribution in [0.25, 0.3) is 11.1 Å². The summed E-state index contributed by atoms with van der Waals surface area (Å²) in [6, 6.07) is 10.8. The number of halogens is 1. The first-order valence-corrected chi connectivity index (χ1v) is 9.27. The molecule has 0 saturated carbocycles. The quantitative estimate of drug-likeness (QED) is 0.680. The van der Waals surface area contributed by atoms with Crippen molar-refractivity contribution >= 4 is 32.7 Å². The van der Waals surface area contributed by atoms with Crippen LogP contribution in [0.3, 0.4) is 0 Å². The summed E-state index contributed by atoms with van der Waals surface area (Å²) in [6.07, 6.45) is 1.17. The number of oxazole rings is 1. The van der Waals surface area contributed by atoms with Crippen molar-refractivity contribution in [3.05, 3.63) is 54.2 Å². The third-order valence-corrected chi connectivity index (χ3v) is 5.13. The maximum Gasteiger partial charge on any atom is 0.205 e. The van der Waals surface area contributed by atoms with Crippen molar-refractivity contribution < 1.29 is 17.2 Å². The first kappa shape index (κ1) is 15.1. The summed E-state index contributed by atoms with van der Waals surface area (Å²) in [5.41, 5.74) is 1.03. The number of thioether (sulfide) groups is 1. The molecule has 0 atom stereocenters. The van der Waals surface area contributed by atoms with E-state index in [1.165, 1.54) is 30.2 Å². The van der Waals surface area contributed by atoms with E-state index in [1.807, 2.05) is 0 Å². The Morgan fingerprint density at radius 2 is 1.91 bits per heavy atom. The summed E-state index contributed by atoms with van der Waals surface area (Å²) >= 11 is 1.47. The molecule has 0 amide bonds. The Hall–Kier alpha value is -1.86. The molecule has 1 aromatic heterocycles. The predicted molar refractivity (Wildman–Crippen MR) is 83.1 cm³/mol. The van der Waals surface area contributed by atoms with Gasteiger partial charge < -0.3 is 4.42 Å². The summed E-state index contributed by atoms with van der Waals surface area (Å²) in [7, 11) is -3.18. The summed E-state index contributed by atoms with van der Waals surface area (Å²) < 4.78 is 41.3. The van der Waals surface area contributed by atoms with Gasteiger partial charge in [-0.2, -0.15) is 0 Å². The van der Waals surface area contributed by atoms with Crippen LogP contribution in [0.5, 0.6) is 0 Å². The Morgan fingerprint density at radius 3 is 2.59 bits per heavy atom. The second-order valence-electron chi connectivity index (χ2n) is 4.75. The van der Waals surface area contributed by atoms with Gasteiger partial charge in [-0.3, -0.25) is 0 Å². The van der Waals surface area contributed by atoms with Gasteiger partial charge in [-0.1, -0.05) is 0 Å². The molecule has 0 N–H and O–H groups in total. The summed E-state index contributed by atoms with van der Waals surface area (Å²) in [5.74, 6) is 0.617. The Balaban J connectivity index is 1.73. The van der Waals surface area contributed by atoms with Gasteiger partial charge in [-0.15, -0.1) is 11.8 Å². The highest BCUT2D eigenvalue weighted by atomic mass is 32.2. The van der Waals surface area contributed by atoms with E-state index in [-0.39, 0.29) is 10.7 Å². The van der Waals surface area contributed by atoms with Gasteiger partial charge in [0.1, 0.15) is 11.3 Å². The van der Waals surface area contributed by atoms with Crippen molar-refractivity contribution in [1.29, 1.82) is 0 Å². The fourth-order valence-electron chi connectivity index (χ4n) is 1.94. The van der Waals surface area contributed by atoms with E-state index in [2.05, 4.69) is 4.98 Å². The zero-order valence-corrected chi connectivity index (χ0v) is 13.2. The Bertz CT molecular complexity index is 918. The number of hydrogen-bond acceptors (Lipinski definition) is 5. The summed E-state index contributed by atoms with van der Waals surface area (Å²) in [4.78, 5) is 5.47. The van der Waals surface area contributed by atoms with Gasteiger partial charge in [-0.05, 0) is 36.4 Å². The first-order valence-electron chi connectivity index (χ1n) is 6.40. The molecule has 7 heteroatoms. The van der Waals surface area contributed by atoms with Crippen LogP contribution in [0.4, 0.5) is 4.39 Å². The molecule has 1 heterocycles. The van der Waals surface area contributed by atoms with Crippen LogP contribution >= 0.6 is 11.8 Å². The molecule has 0 aliphatic rings. The normalized spacial score (nSPS) is 11.9. The number of rotatable bonds is 4. The van der Waals surface area contributed by atoms with Gasteiger partial charge in [0.05, 0.1) is 10.6 Å². The number of nitrogens with zero attached hydrogens (tertiary/aromatic N) is 1. The number of benzene rings is 2. The average molecular weight is 337 g/mol. The van der Waals surface area contributed by atoms with Crippen molar-refractivity contribution in [3.8, 4) is 0 Å². The minimum atomic E-state index is -3.18. The molecule has 0 unspecified atom stereocenters. The minimum absolute atomic E-state index is 0.286. The Kier molecular flexibility index (Phi) is 3.92. The topological polar surface area (TPSA) is 60.2 Å². The highest BCUT2D eigenvalue weighted by molar-refractivity contribution is 7.98. The average Bonchev–Trinajstić information content (AvgIpc) is 2.86. The minimum Gasteiger partial charge on any atom is -0.440 e. The number of sulfone groups is 1. The second kappa shape index (κ2) is 5.73. The molecular formula is C15H12FNO3S2. The lowest BCUT2D eigenvalue weighted by molar-refractivity contribution is 0.551. The van der Waals surface area contributed by atoms with Gasteiger partial charge >= 0.3 is 0 Å². The third kappa shape index (κ3) is 3.31.